The zero-order chi connectivity index (χ0) is 39.8. The van der Waals surface area contributed by atoms with E-state index in [0.29, 0.717) is 47.2 Å². The standard InChI is InChI=1S/C44H42N4O6S2/c1-43(2)33-15-7-11-19-37(33)45(21-23-55-27-29-13-5-9-17-35(29)47(51)52)39(43)25-31-41(49)32(42(31)50)26-40-44(3,4)34-16-8-12-20-38(34)46(40)22-24-56-28-30-14-6-10-18-36(30)48(53)54/h5-20,25-26H,21-24,27-28H2,1-4H3/p+1. The van der Waals surface area contributed by atoms with Crippen molar-refractivity contribution in [3.8, 4) is 0 Å². The molecule has 4 aromatic rings. The maximum Gasteiger partial charge on any atom is 0.273 e. The second-order valence-electron chi connectivity index (χ2n) is 15.0. The van der Waals surface area contributed by atoms with Crippen LogP contribution in [0.4, 0.5) is 22.7 Å². The van der Waals surface area contributed by atoms with Gasteiger partial charge in [-0.05, 0) is 31.6 Å². The number of ketones is 1. The number of allylic oxidation sites excluding steroid dienone is 5. The van der Waals surface area contributed by atoms with E-state index in [-0.39, 0.29) is 43.9 Å². The fraction of sp³-hybridized carbons (Fsp3) is 0.273. The summed E-state index contributed by atoms with van der Waals surface area (Å²) in [5, 5.41) is 34.7. The van der Waals surface area contributed by atoms with Crippen molar-refractivity contribution >= 4 is 57.8 Å². The lowest BCUT2D eigenvalue weighted by molar-refractivity contribution is -0.431. The Bertz CT molecular complexity index is 2400. The molecule has 0 saturated carbocycles. The molecule has 0 aromatic heterocycles. The van der Waals surface area contributed by atoms with Crippen LogP contribution in [0.3, 0.4) is 0 Å². The lowest BCUT2D eigenvalue weighted by Gasteiger charge is -2.29. The molecule has 2 heterocycles. The minimum Gasteiger partial charge on any atom is -0.506 e. The quantitative estimate of drug-likeness (QED) is 0.0437. The normalized spacial score (nSPS) is 18.1. The van der Waals surface area contributed by atoms with Crippen molar-refractivity contribution in [3.63, 3.8) is 0 Å². The van der Waals surface area contributed by atoms with Gasteiger partial charge in [0.25, 0.3) is 11.4 Å². The fourth-order valence-electron chi connectivity index (χ4n) is 7.97. The molecule has 7 rings (SSSR count). The lowest BCUT2D eigenvalue weighted by Crippen LogP contribution is -2.32. The first-order chi connectivity index (χ1) is 26.8. The first kappa shape index (κ1) is 38.8. The Morgan fingerprint density at radius 2 is 1.29 bits per heavy atom. The van der Waals surface area contributed by atoms with Crippen LogP contribution in [0.1, 0.15) is 49.9 Å². The number of benzene rings is 4. The van der Waals surface area contributed by atoms with Crippen LogP contribution in [0, 0.1) is 20.2 Å². The van der Waals surface area contributed by atoms with Gasteiger partial charge in [-0.15, -0.1) is 0 Å². The molecular formula is C44H43N4O6S2+. The van der Waals surface area contributed by atoms with E-state index in [0.717, 1.165) is 33.9 Å². The molecule has 0 fully saturated rings. The summed E-state index contributed by atoms with van der Waals surface area (Å²) in [5.41, 5.74) is 7.33. The minimum absolute atomic E-state index is 0.0371. The van der Waals surface area contributed by atoms with Gasteiger partial charge in [0.1, 0.15) is 5.76 Å². The van der Waals surface area contributed by atoms with E-state index in [1.54, 1.807) is 47.8 Å². The Kier molecular flexibility index (Phi) is 10.8. The van der Waals surface area contributed by atoms with Crippen molar-refractivity contribution in [2.45, 2.75) is 50.0 Å². The molecular weight excluding hydrogens is 745 g/mol. The number of carbonyl (C=O) groups excluding carboxylic acids is 1. The average molecular weight is 788 g/mol. The molecule has 0 unspecified atom stereocenters. The lowest BCUT2D eigenvalue weighted by atomic mass is 9.77. The summed E-state index contributed by atoms with van der Waals surface area (Å²) in [5.74, 6) is 2.10. The predicted octanol–water partition coefficient (Wildman–Crippen LogP) is 9.75. The molecule has 0 atom stereocenters. The number of Topliss-reactive ketones (excluding diaryl/α,β-unsaturated/α-hetero) is 1. The van der Waals surface area contributed by atoms with Gasteiger partial charge in [-0.1, -0.05) is 86.6 Å². The monoisotopic (exact) mass is 787 g/mol. The highest BCUT2D eigenvalue weighted by Gasteiger charge is 2.47. The van der Waals surface area contributed by atoms with E-state index in [1.165, 1.54) is 12.1 Å². The summed E-state index contributed by atoms with van der Waals surface area (Å²) in [4.78, 5) is 38.6. The van der Waals surface area contributed by atoms with Crippen molar-refractivity contribution in [2.75, 3.05) is 29.5 Å². The van der Waals surface area contributed by atoms with E-state index in [1.807, 2.05) is 48.6 Å². The maximum atomic E-state index is 14.0. The Hall–Kier alpha value is -5.46. The van der Waals surface area contributed by atoms with E-state index < -0.39 is 10.8 Å². The molecule has 56 heavy (non-hydrogen) atoms. The second kappa shape index (κ2) is 15.6. The summed E-state index contributed by atoms with van der Waals surface area (Å²) in [6, 6.07) is 29.9. The van der Waals surface area contributed by atoms with Crippen LogP contribution in [-0.2, 0) is 27.1 Å². The van der Waals surface area contributed by atoms with Crippen LogP contribution in [0.15, 0.2) is 132 Å². The summed E-state index contributed by atoms with van der Waals surface area (Å²) in [6.07, 6.45) is 3.66. The molecule has 3 aliphatic rings. The van der Waals surface area contributed by atoms with E-state index in [2.05, 4.69) is 61.4 Å². The Balaban J connectivity index is 1.15. The highest BCUT2D eigenvalue weighted by atomic mass is 32.2. The van der Waals surface area contributed by atoms with Crippen molar-refractivity contribution in [2.24, 2.45) is 0 Å². The molecule has 0 radical (unpaired) electrons. The Morgan fingerprint density at radius 3 is 1.91 bits per heavy atom. The number of nitro groups is 2. The molecule has 12 heteroatoms. The number of para-hydroxylation sites is 4. The highest BCUT2D eigenvalue weighted by molar-refractivity contribution is 7.98. The van der Waals surface area contributed by atoms with Gasteiger partial charge in [0, 0.05) is 81.6 Å². The van der Waals surface area contributed by atoms with Crippen LogP contribution < -0.4 is 4.90 Å². The molecule has 2 aliphatic heterocycles. The SMILES string of the molecule is CC1(C)C(=CC2=C(O)C(=CC3=[N+](CCSCc4ccccc4[N+](=O)[O-])c4ccccc4C3(C)C)C2=O)N(CCSCc2ccccc2[N+](=O)[O-])c2ccccc21. The third-order valence-corrected chi connectivity index (χ3v) is 12.9. The van der Waals surface area contributed by atoms with Gasteiger partial charge in [-0.3, -0.25) is 25.0 Å². The first-order valence-electron chi connectivity index (χ1n) is 18.5. The number of aliphatic hydroxyl groups is 1. The zero-order valence-corrected chi connectivity index (χ0v) is 33.4. The molecule has 286 valence electrons. The smallest absolute Gasteiger partial charge is 0.273 e. The molecule has 4 aromatic carbocycles. The number of nitro benzene ring substituents is 2. The third kappa shape index (κ3) is 7.07. The van der Waals surface area contributed by atoms with Gasteiger partial charge >= 0.3 is 0 Å². The van der Waals surface area contributed by atoms with Crippen molar-refractivity contribution < 1.29 is 24.3 Å². The van der Waals surface area contributed by atoms with E-state index in [9.17, 15) is 30.1 Å². The number of nitrogens with zero attached hydrogens (tertiary/aromatic N) is 4. The van der Waals surface area contributed by atoms with Gasteiger partial charge in [0.2, 0.25) is 11.5 Å². The number of fused-ring (bicyclic) bond motifs is 2. The van der Waals surface area contributed by atoms with Crippen molar-refractivity contribution in [1.29, 1.82) is 0 Å². The number of thioether (sulfide) groups is 2. The number of carbonyl (C=O) groups is 1. The summed E-state index contributed by atoms with van der Waals surface area (Å²) < 4.78 is 2.20. The molecule has 0 spiro atoms. The van der Waals surface area contributed by atoms with Crippen LogP contribution in [0.25, 0.3) is 0 Å². The number of hydrogen-bond acceptors (Lipinski definition) is 9. The van der Waals surface area contributed by atoms with Gasteiger partial charge in [-0.2, -0.15) is 28.1 Å². The van der Waals surface area contributed by atoms with Crippen LogP contribution in [0.2, 0.25) is 0 Å². The Morgan fingerprint density at radius 1 is 0.732 bits per heavy atom. The molecule has 0 amide bonds. The van der Waals surface area contributed by atoms with Crippen LogP contribution in [0.5, 0.6) is 0 Å². The first-order valence-corrected chi connectivity index (χ1v) is 20.8. The van der Waals surface area contributed by atoms with Crippen LogP contribution >= 0.6 is 23.5 Å². The topological polar surface area (TPSA) is 130 Å². The fourth-order valence-corrected chi connectivity index (χ4v) is 9.81. The number of hydrogen-bond donors (Lipinski definition) is 1. The average Bonchev–Trinajstić information content (AvgIpc) is 3.54. The molecule has 0 bridgehead atoms. The molecule has 10 nitrogen and oxygen atoms in total. The molecule has 1 N–H and O–H groups in total. The Labute approximate surface area is 334 Å². The van der Waals surface area contributed by atoms with E-state index in [4.69, 9.17) is 0 Å². The van der Waals surface area contributed by atoms with Crippen molar-refractivity contribution in [1.82, 2.24) is 0 Å². The van der Waals surface area contributed by atoms with Gasteiger partial charge in [0.05, 0.1) is 32.2 Å². The zero-order valence-electron chi connectivity index (χ0n) is 31.7. The van der Waals surface area contributed by atoms with Crippen molar-refractivity contribution in [3.05, 3.63) is 174 Å². The summed E-state index contributed by atoms with van der Waals surface area (Å²) in [6.45, 7) is 9.70. The van der Waals surface area contributed by atoms with E-state index >= 15 is 0 Å². The number of anilines is 1. The van der Waals surface area contributed by atoms with Crippen LogP contribution in [-0.4, -0.2) is 55.6 Å². The number of aliphatic hydroxyl groups excluding tert-OH is 1. The molecule has 0 saturated heterocycles. The van der Waals surface area contributed by atoms with Gasteiger partial charge in [-0.25, -0.2) is 0 Å². The maximum absolute atomic E-state index is 14.0. The highest BCUT2D eigenvalue weighted by Crippen LogP contribution is 2.49. The number of rotatable bonds is 14. The second-order valence-corrected chi connectivity index (χ2v) is 17.2. The predicted molar refractivity (Wildman–Crippen MR) is 225 cm³/mol. The third-order valence-electron chi connectivity index (χ3n) is 11.0. The van der Waals surface area contributed by atoms with Gasteiger partial charge in [0.15, 0.2) is 12.3 Å². The minimum atomic E-state index is -0.453. The molecule has 1 aliphatic carbocycles. The summed E-state index contributed by atoms with van der Waals surface area (Å²) in [7, 11) is 0. The largest absolute Gasteiger partial charge is 0.506 e. The van der Waals surface area contributed by atoms with Gasteiger partial charge < -0.3 is 10.0 Å². The summed E-state index contributed by atoms with van der Waals surface area (Å²) >= 11 is 3.23.